The normalized spacial score (nSPS) is 48.7. The van der Waals surface area contributed by atoms with Crippen LogP contribution in [-0.2, 0) is 9.59 Å². The van der Waals surface area contributed by atoms with Gasteiger partial charge in [-0.1, -0.05) is 67.0 Å². The second-order valence-electron chi connectivity index (χ2n) is 15.5. The average Bonchev–Trinajstić information content (AvgIpc) is 2.77. The van der Waals surface area contributed by atoms with Gasteiger partial charge in [-0.2, -0.15) is 0 Å². The van der Waals surface area contributed by atoms with Crippen LogP contribution >= 0.6 is 0 Å². The molecule has 5 rings (SSSR count). The summed E-state index contributed by atoms with van der Waals surface area (Å²) in [5.41, 5.74) is 1.40. The van der Waals surface area contributed by atoms with Crippen LogP contribution in [0.4, 0.5) is 0 Å². The van der Waals surface area contributed by atoms with E-state index in [2.05, 4.69) is 66.3 Å². The Kier molecular flexibility index (Phi) is 5.37. The number of carbonyl (C=O) groups excluding carboxylic acids is 2. The highest BCUT2D eigenvalue weighted by molar-refractivity contribution is 5.96. The zero-order valence-electron chi connectivity index (χ0n) is 24.2. The van der Waals surface area contributed by atoms with Crippen molar-refractivity contribution < 1.29 is 9.59 Å². The molecule has 5 aliphatic carbocycles. The van der Waals surface area contributed by atoms with E-state index in [4.69, 9.17) is 6.57 Å². The monoisotopic (exact) mass is 489 g/mol. The summed E-state index contributed by atoms with van der Waals surface area (Å²) in [7, 11) is 0. The Balaban J connectivity index is 1.70. The lowest BCUT2D eigenvalue weighted by Crippen LogP contribution is -2.65. The molecule has 0 amide bonds. The van der Waals surface area contributed by atoms with Crippen LogP contribution in [0.2, 0.25) is 0 Å². The van der Waals surface area contributed by atoms with Crippen LogP contribution in [0.3, 0.4) is 0 Å². The molecule has 0 radical (unpaired) electrons. The molecule has 0 bridgehead atoms. The number of carbonyl (C=O) groups is 2. The topological polar surface area (TPSA) is 38.5 Å². The van der Waals surface area contributed by atoms with Crippen molar-refractivity contribution in [2.45, 2.75) is 107 Å². The quantitative estimate of drug-likeness (QED) is 0.348. The maximum atomic E-state index is 14.4. The Morgan fingerprint density at radius 3 is 2.25 bits per heavy atom. The van der Waals surface area contributed by atoms with Gasteiger partial charge < -0.3 is 0 Å². The summed E-state index contributed by atoms with van der Waals surface area (Å²) in [4.78, 5) is 31.6. The molecule has 3 saturated carbocycles. The Hall–Kier alpha value is -1.69. The van der Waals surface area contributed by atoms with Crippen LogP contribution < -0.4 is 0 Å². The molecule has 3 nitrogen and oxygen atoms in total. The first kappa shape index (κ1) is 25.9. The Bertz CT molecular complexity index is 1130. The van der Waals surface area contributed by atoms with Gasteiger partial charge in [0.05, 0.1) is 6.57 Å². The van der Waals surface area contributed by atoms with Crippen molar-refractivity contribution in [1.82, 2.24) is 0 Å². The summed E-state index contributed by atoms with van der Waals surface area (Å²) >= 11 is 0. The van der Waals surface area contributed by atoms with Crippen molar-refractivity contribution >= 4 is 11.6 Å². The highest BCUT2D eigenvalue weighted by atomic mass is 16.1. The third kappa shape index (κ3) is 2.97. The second-order valence-corrected chi connectivity index (χ2v) is 15.5. The van der Waals surface area contributed by atoms with Crippen LogP contribution in [-0.4, -0.2) is 11.6 Å². The molecule has 8 atom stereocenters. The number of hydrogen-bond acceptors (Lipinski definition) is 2. The fourth-order valence-corrected chi connectivity index (χ4v) is 10.6. The van der Waals surface area contributed by atoms with E-state index in [1.165, 1.54) is 5.57 Å². The van der Waals surface area contributed by atoms with E-state index in [1.807, 2.05) is 6.08 Å². The van der Waals surface area contributed by atoms with Gasteiger partial charge in [-0.3, -0.25) is 9.59 Å². The van der Waals surface area contributed by atoms with E-state index in [0.29, 0.717) is 11.7 Å². The van der Waals surface area contributed by atoms with Crippen molar-refractivity contribution in [3.63, 3.8) is 0 Å². The van der Waals surface area contributed by atoms with Crippen molar-refractivity contribution in [3.8, 4) is 0 Å². The molecule has 196 valence electrons. The minimum Gasteiger partial charge on any atom is -0.299 e. The molecule has 0 saturated heterocycles. The molecule has 0 aromatic rings. The summed E-state index contributed by atoms with van der Waals surface area (Å²) < 4.78 is 0. The van der Waals surface area contributed by atoms with Gasteiger partial charge in [0.25, 0.3) is 0 Å². The zero-order chi connectivity index (χ0) is 26.7. The van der Waals surface area contributed by atoms with E-state index in [1.54, 1.807) is 6.92 Å². The Morgan fingerprint density at radius 1 is 1.00 bits per heavy atom. The van der Waals surface area contributed by atoms with E-state index in [9.17, 15) is 9.59 Å². The molecule has 3 heteroatoms. The van der Waals surface area contributed by atoms with Gasteiger partial charge in [0.2, 0.25) is 0 Å². The lowest BCUT2D eigenvalue weighted by Gasteiger charge is -2.69. The molecule has 36 heavy (non-hydrogen) atoms. The van der Waals surface area contributed by atoms with Gasteiger partial charge in [-0.25, -0.2) is 4.85 Å². The van der Waals surface area contributed by atoms with Gasteiger partial charge >= 0.3 is 0 Å². The highest BCUT2D eigenvalue weighted by Crippen LogP contribution is 2.75. The highest BCUT2D eigenvalue weighted by Gasteiger charge is 2.70. The van der Waals surface area contributed by atoms with Crippen LogP contribution in [0.15, 0.2) is 23.4 Å². The first-order chi connectivity index (χ1) is 16.5. The number of nitrogens with zero attached hydrogens (tertiary/aromatic N) is 1. The number of Topliss-reactive ketones (excluding diaryl/α,β-unsaturated/α-hetero) is 1. The van der Waals surface area contributed by atoms with Crippen molar-refractivity contribution in [2.75, 3.05) is 0 Å². The molecule has 5 aliphatic rings. The maximum Gasteiger partial charge on any atom is 0.165 e. The molecule has 0 heterocycles. The lowest BCUT2D eigenvalue weighted by atomic mass is 9.34. The predicted octanol–water partition coefficient (Wildman–Crippen LogP) is 8.22. The summed E-state index contributed by atoms with van der Waals surface area (Å²) in [5, 5.41) is 0. The lowest BCUT2D eigenvalue weighted by molar-refractivity contribution is -0.176. The molecule has 1 unspecified atom stereocenters. The SMILES string of the molecule is [C-]#[N+]C1=C[C@]2(C)C3=CC(=O)[C@@H]4[C@@H]5CC(C)(C)CC[C@]5(C(C)=O)CC[C@@]4(C)[C@]3(C)CC[C@H]2C(C)(C)C1C. The van der Waals surface area contributed by atoms with Gasteiger partial charge in [-0.05, 0) is 97.4 Å². The van der Waals surface area contributed by atoms with Gasteiger partial charge in [0.1, 0.15) is 5.78 Å². The van der Waals surface area contributed by atoms with Crippen LogP contribution in [0.25, 0.3) is 4.85 Å². The second kappa shape index (κ2) is 7.45. The van der Waals surface area contributed by atoms with Crippen molar-refractivity contribution in [2.24, 2.45) is 56.2 Å². The molecular formula is C33H47NO2. The number of ketones is 2. The third-order valence-electron chi connectivity index (χ3n) is 13.3. The fourth-order valence-electron chi connectivity index (χ4n) is 10.6. The van der Waals surface area contributed by atoms with Crippen LogP contribution in [0, 0.1) is 62.7 Å². The minimum atomic E-state index is -0.336. The van der Waals surface area contributed by atoms with Crippen molar-refractivity contribution in [3.05, 3.63) is 34.8 Å². The van der Waals surface area contributed by atoms with Gasteiger partial charge in [-0.15, -0.1) is 0 Å². The minimum absolute atomic E-state index is 0.00387. The predicted molar refractivity (Wildman–Crippen MR) is 145 cm³/mol. The van der Waals surface area contributed by atoms with Crippen LogP contribution in [0.5, 0.6) is 0 Å². The van der Waals surface area contributed by atoms with Gasteiger partial charge in [0.15, 0.2) is 11.5 Å². The molecule has 0 aromatic heterocycles. The Labute approximate surface area is 219 Å². The van der Waals surface area contributed by atoms with Crippen LogP contribution in [0.1, 0.15) is 107 Å². The van der Waals surface area contributed by atoms with E-state index in [-0.39, 0.29) is 56.0 Å². The number of rotatable bonds is 1. The molecule has 0 N–H and O–H groups in total. The van der Waals surface area contributed by atoms with Gasteiger partial charge in [0, 0.05) is 16.7 Å². The maximum absolute atomic E-state index is 14.4. The molecule has 0 aliphatic heterocycles. The van der Waals surface area contributed by atoms with Crippen molar-refractivity contribution in [1.29, 1.82) is 0 Å². The number of fused-ring (bicyclic) bond motifs is 7. The number of allylic oxidation sites excluding steroid dienone is 4. The summed E-state index contributed by atoms with van der Waals surface area (Å²) in [6.07, 6.45) is 11.3. The summed E-state index contributed by atoms with van der Waals surface area (Å²) in [6.45, 7) is 28.4. The van der Waals surface area contributed by atoms with E-state index in [0.717, 1.165) is 50.6 Å². The Morgan fingerprint density at radius 2 is 1.64 bits per heavy atom. The first-order valence-electron chi connectivity index (χ1n) is 14.4. The molecular weight excluding hydrogens is 442 g/mol. The summed E-state index contributed by atoms with van der Waals surface area (Å²) in [5.74, 6) is 1.23. The molecule has 0 spiro atoms. The van der Waals surface area contributed by atoms with E-state index < -0.39 is 0 Å². The fraction of sp³-hybridized carbons (Fsp3) is 0.788. The third-order valence-corrected chi connectivity index (χ3v) is 13.3. The summed E-state index contributed by atoms with van der Waals surface area (Å²) in [6, 6.07) is 0. The standard InChI is InChI=1S/C33H47NO2/c1-20-23(34-10)19-30(7)25(29(20,5)6)11-12-31(8)26(30)17-24(36)27-22-18-28(3,4)13-15-33(22,21(2)35)16-14-32(27,31)9/h17,19-20,22,25,27H,11-16,18H2,1-9H3/t20?,22-,25-,27-,30-,31+,32+,33+/m0/s1. The smallest absolute Gasteiger partial charge is 0.165 e. The molecule has 0 aromatic carbocycles. The average molecular weight is 490 g/mol. The first-order valence-corrected chi connectivity index (χ1v) is 14.4. The zero-order valence-corrected chi connectivity index (χ0v) is 24.2. The largest absolute Gasteiger partial charge is 0.299 e. The molecule has 3 fully saturated rings. The van der Waals surface area contributed by atoms with E-state index >= 15 is 0 Å². The number of hydrogen-bond donors (Lipinski definition) is 0.